The third-order valence-electron chi connectivity index (χ3n) is 7.08. The zero-order valence-electron chi connectivity index (χ0n) is 22.8. The topological polar surface area (TPSA) is 49.7 Å². The van der Waals surface area contributed by atoms with Gasteiger partial charge >= 0.3 is 7.12 Å². The van der Waals surface area contributed by atoms with E-state index in [2.05, 4.69) is 107 Å². The molecule has 0 spiro atoms. The SMILES string of the molecule is Brc1ccc(-c2cccc3ccccc23)cc1.C1CCOC1.OB(O)c1ccc(-c2cccc3ccccc23)cc1. The van der Waals surface area contributed by atoms with E-state index in [1.54, 1.807) is 12.1 Å². The Morgan fingerprint density at radius 2 is 0.951 bits per heavy atom. The van der Waals surface area contributed by atoms with Crippen LogP contribution in [-0.2, 0) is 4.74 Å². The van der Waals surface area contributed by atoms with Gasteiger partial charge in [-0.1, -0.05) is 137 Å². The van der Waals surface area contributed by atoms with Crippen molar-refractivity contribution < 1.29 is 14.8 Å². The second kappa shape index (κ2) is 14.2. The van der Waals surface area contributed by atoms with Crippen molar-refractivity contribution in [1.82, 2.24) is 0 Å². The highest BCUT2D eigenvalue weighted by Gasteiger charge is 2.11. The molecule has 0 atom stereocenters. The van der Waals surface area contributed by atoms with E-state index < -0.39 is 7.12 Å². The number of rotatable bonds is 3. The maximum atomic E-state index is 9.11. The number of halogens is 1. The Balaban J connectivity index is 0.000000141. The highest BCUT2D eigenvalue weighted by Crippen LogP contribution is 2.30. The molecule has 7 rings (SSSR count). The fourth-order valence-corrected chi connectivity index (χ4v) is 5.19. The van der Waals surface area contributed by atoms with Crippen molar-refractivity contribution >= 4 is 50.1 Å². The van der Waals surface area contributed by atoms with Crippen LogP contribution in [0.2, 0.25) is 0 Å². The molecule has 204 valence electrons. The van der Waals surface area contributed by atoms with Gasteiger partial charge in [0, 0.05) is 17.7 Å². The summed E-state index contributed by atoms with van der Waals surface area (Å²) in [6, 6.07) is 45.1. The van der Waals surface area contributed by atoms with Crippen LogP contribution in [0.1, 0.15) is 12.8 Å². The van der Waals surface area contributed by atoms with Crippen molar-refractivity contribution in [3.63, 3.8) is 0 Å². The van der Waals surface area contributed by atoms with Crippen LogP contribution in [0.3, 0.4) is 0 Å². The van der Waals surface area contributed by atoms with Crippen molar-refractivity contribution in [2.45, 2.75) is 12.8 Å². The van der Waals surface area contributed by atoms with Crippen molar-refractivity contribution in [3.05, 3.63) is 138 Å². The maximum Gasteiger partial charge on any atom is 0.488 e. The normalized spacial score (nSPS) is 12.3. The quantitative estimate of drug-likeness (QED) is 0.200. The molecule has 41 heavy (non-hydrogen) atoms. The van der Waals surface area contributed by atoms with Gasteiger partial charge in [-0.25, -0.2) is 0 Å². The Morgan fingerprint density at radius 3 is 1.39 bits per heavy atom. The summed E-state index contributed by atoms with van der Waals surface area (Å²) in [5.41, 5.74) is 5.27. The molecule has 1 aliphatic rings. The first kappa shape index (κ1) is 28.8. The first-order valence-electron chi connectivity index (χ1n) is 13.9. The average Bonchev–Trinajstić information content (AvgIpc) is 3.62. The summed E-state index contributed by atoms with van der Waals surface area (Å²) in [7, 11) is -1.42. The van der Waals surface area contributed by atoms with Crippen molar-refractivity contribution in [2.75, 3.05) is 13.2 Å². The van der Waals surface area contributed by atoms with Crippen LogP contribution in [-0.4, -0.2) is 30.4 Å². The molecule has 1 heterocycles. The van der Waals surface area contributed by atoms with E-state index in [9.17, 15) is 0 Å². The van der Waals surface area contributed by atoms with Gasteiger partial charge in [-0.05, 0) is 74.2 Å². The highest BCUT2D eigenvalue weighted by atomic mass is 79.9. The molecule has 0 radical (unpaired) electrons. The second-order valence-corrected chi connectivity index (χ2v) is 10.8. The van der Waals surface area contributed by atoms with Crippen LogP contribution in [0.4, 0.5) is 0 Å². The van der Waals surface area contributed by atoms with Gasteiger partial charge in [0.25, 0.3) is 0 Å². The van der Waals surface area contributed by atoms with Gasteiger partial charge in [0.05, 0.1) is 0 Å². The predicted octanol–water partition coefficient (Wildman–Crippen LogP) is 8.25. The van der Waals surface area contributed by atoms with Crippen LogP contribution in [0.25, 0.3) is 43.8 Å². The van der Waals surface area contributed by atoms with E-state index >= 15 is 0 Å². The number of hydrogen-bond acceptors (Lipinski definition) is 3. The average molecular weight is 603 g/mol. The van der Waals surface area contributed by atoms with Gasteiger partial charge in [-0.3, -0.25) is 0 Å². The van der Waals surface area contributed by atoms with Crippen LogP contribution in [0, 0.1) is 0 Å². The van der Waals surface area contributed by atoms with Crippen LogP contribution in [0.5, 0.6) is 0 Å². The summed E-state index contributed by atoms with van der Waals surface area (Å²) in [5.74, 6) is 0. The minimum absolute atomic E-state index is 0.504. The molecule has 0 unspecified atom stereocenters. The Bertz CT molecular complexity index is 1680. The molecule has 0 aliphatic carbocycles. The molecule has 1 saturated heterocycles. The molecular formula is C36H32BBrO3. The number of fused-ring (bicyclic) bond motifs is 2. The van der Waals surface area contributed by atoms with Crippen molar-refractivity contribution in [3.8, 4) is 22.3 Å². The van der Waals surface area contributed by atoms with Crippen LogP contribution < -0.4 is 5.46 Å². The summed E-state index contributed by atoms with van der Waals surface area (Å²) in [6.07, 6.45) is 2.56. The van der Waals surface area contributed by atoms with E-state index in [1.807, 2.05) is 30.3 Å². The number of ether oxygens (including phenoxy) is 1. The monoisotopic (exact) mass is 602 g/mol. The van der Waals surface area contributed by atoms with Crippen molar-refractivity contribution in [2.24, 2.45) is 0 Å². The molecule has 6 aromatic rings. The summed E-state index contributed by atoms with van der Waals surface area (Å²) in [4.78, 5) is 0. The van der Waals surface area contributed by atoms with Gasteiger partial charge in [-0.2, -0.15) is 0 Å². The fourth-order valence-electron chi connectivity index (χ4n) is 4.93. The molecule has 1 fully saturated rings. The number of hydrogen-bond donors (Lipinski definition) is 2. The van der Waals surface area contributed by atoms with Gasteiger partial charge in [-0.15, -0.1) is 0 Å². The largest absolute Gasteiger partial charge is 0.488 e. The zero-order valence-corrected chi connectivity index (χ0v) is 24.4. The molecule has 5 heteroatoms. The Morgan fingerprint density at radius 1 is 0.512 bits per heavy atom. The first-order chi connectivity index (χ1) is 20.1. The number of benzene rings is 6. The minimum Gasteiger partial charge on any atom is -0.423 e. The molecule has 2 N–H and O–H groups in total. The van der Waals surface area contributed by atoms with Gasteiger partial charge in [0.1, 0.15) is 0 Å². The molecule has 3 nitrogen and oxygen atoms in total. The lowest BCUT2D eigenvalue weighted by molar-refractivity contribution is 0.198. The van der Waals surface area contributed by atoms with E-state index in [0.29, 0.717) is 5.46 Å². The lowest BCUT2D eigenvalue weighted by Crippen LogP contribution is -2.29. The van der Waals surface area contributed by atoms with Crippen LogP contribution in [0.15, 0.2) is 138 Å². The first-order valence-corrected chi connectivity index (χ1v) is 14.6. The summed E-state index contributed by atoms with van der Waals surface area (Å²) < 4.78 is 6.06. The summed E-state index contributed by atoms with van der Waals surface area (Å²) >= 11 is 3.47. The Labute approximate surface area is 250 Å². The molecule has 0 saturated carbocycles. The van der Waals surface area contributed by atoms with E-state index in [0.717, 1.165) is 28.8 Å². The van der Waals surface area contributed by atoms with Gasteiger partial charge < -0.3 is 14.8 Å². The smallest absolute Gasteiger partial charge is 0.423 e. The lowest BCUT2D eigenvalue weighted by atomic mass is 9.79. The van der Waals surface area contributed by atoms with E-state index in [-0.39, 0.29) is 0 Å². The second-order valence-electron chi connectivity index (χ2n) is 9.88. The van der Waals surface area contributed by atoms with Crippen molar-refractivity contribution in [1.29, 1.82) is 0 Å². The van der Waals surface area contributed by atoms with Gasteiger partial charge in [0.15, 0.2) is 0 Å². The third-order valence-corrected chi connectivity index (χ3v) is 7.61. The zero-order chi connectivity index (χ0) is 28.4. The third kappa shape index (κ3) is 7.52. The molecule has 0 bridgehead atoms. The molecule has 0 amide bonds. The van der Waals surface area contributed by atoms with E-state index in [1.165, 1.54) is 45.5 Å². The van der Waals surface area contributed by atoms with Gasteiger partial charge in [0.2, 0.25) is 0 Å². The minimum atomic E-state index is -1.42. The fraction of sp³-hybridized carbons (Fsp3) is 0.111. The molecule has 1 aliphatic heterocycles. The molecule has 0 aromatic heterocycles. The Kier molecular flexibility index (Phi) is 10.0. The predicted molar refractivity (Wildman–Crippen MR) is 176 cm³/mol. The molecule has 6 aromatic carbocycles. The standard InChI is InChI=1S/C16H13BO2.C16H11Br.C4H8O/c18-17(19)14-10-8-13(9-11-14)16-7-3-5-12-4-1-2-6-15(12)16;17-14-10-8-13(9-11-14)16-7-3-5-12-4-1-2-6-15(12)16;1-2-4-5-3-1/h1-11,18-19H;1-11H;1-4H2. The van der Waals surface area contributed by atoms with E-state index in [4.69, 9.17) is 14.8 Å². The summed E-state index contributed by atoms with van der Waals surface area (Å²) in [5, 5.41) is 23.2. The Hall–Kier alpha value is -3.74. The highest BCUT2D eigenvalue weighted by molar-refractivity contribution is 9.10. The van der Waals surface area contributed by atoms with Crippen LogP contribution >= 0.6 is 15.9 Å². The molecular weight excluding hydrogens is 571 g/mol. The lowest BCUT2D eigenvalue weighted by Gasteiger charge is -2.07. The maximum absolute atomic E-state index is 9.11. The summed E-state index contributed by atoms with van der Waals surface area (Å²) in [6.45, 7) is 2.00.